The van der Waals surface area contributed by atoms with Gasteiger partial charge >= 0.3 is 0 Å². The number of likely N-dealkylation sites (tertiary alicyclic amines) is 1. The third-order valence-electron chi connectivity index (χ3n) is 6.81. The second-order valence-corrected chi connectivity index (χ2v) is 10.1. The number of thioether (sulfide) groups is 1. The first kappa shape index (κ1) is 22.9. The lowest BCUT2D eigenvalue weighted by Gasteiger charge is -2.36. The first-order chi connectivity index (χ1) is 16.6. The number of piperazine rings is 1. The van der Waals surface area contributed by atoms with E-state index in [9.17, 15) is 14.4 Å². The van der Waals surface area contributed by atoms with Crippen LogP contribution in [0.25, 0.3) is 0 Å². The van der Waals surface area contributed by atoms with Crippen LogP contribution < -0.4 is 4.90 Å². The molecule has 3 aliphatic rings. The van der Waals surface area contributed by atoms with E-state index >= 15 is 0 Å². The molecule has 0 radical (unpaired) electrons. The molecule has 2 aromatic rings. The number of rotatable bonds is 5. The maximum atomic E-state index is 13.1. The number of amides is 3. The van der Waals surface area contributed by atoms with Crippen molar-refractivity contribution in [3.05, 3.63) is 59.7 Å². The van der Waals surface area contributed by atoms with Crippen LogP contribution in [0, 0.1) is 0 Å². The van der Waals surface area contributed by atoms with Gasteiger partial charge in [0.05, 0.1) is 11.4 Å². The van der Waals surface area contributed by atoms with Gasteiger partial charge in [-0.1, -0.05) is 30.3 Å². The molecule has 0 atom stereocenters. The Kier molecular flexibility index (Phi) is 6.87. The predicted octanol–water partition coefficient (Wildman–Crippen LogP) is 2.71. The van der Waals surface area contributed by atoms with E-state index in [1.807, 2.05) is 40.1 Å². The number of benzene rings is 2. The van der Waals surface area contributed by atoms with Crippen molar-refractivity contribution >= 4 is 35.2 Å². The molecule has 3 amide bonds. The summed E-state index contributed by atoms with van der Waals surface area (Å²) >= 11 is 1.47. The summed E-state index contributed by atoms with van der Waals surface area (Å²) < 4.78 is 0. The Balaban J connectivity index is 1.24. The van der Waals surface area contributed by atoms with E-state index in [0.29, 0.717) is 30.1 Å². The summed E-state index contributed by atoms with van der Waals surface area (Å²) in [4.78, 5) is 47.4. The van der Waals surface area contributed by atoms with Crippen LogP contribution in [0.3, 0.4) is 0 Å². The molecule has 0 bridgehead atoms. The Labute approximate surface area is 204 Å². The average Bonchev–Trinajstić information content (AvgIpc) is 3.41. The number of nitrogens with zero attached hydrogens (tertiary/aromatic N) is 4. The summed E-state index contributed by atoms with van der Waals surface area (Å²) in [7, 11) is 0. The molecule has 3 aliphatic heterocycles. The van der Waals surface area contributed by atoms with Gasteiger partial charge in [0.2, 0.25) is 11.8 Å². The van der Waals surface area contributed by atoms with E-state index < -0.39 is 0 Å². The third-order valence-corrected chi connectivity index (χ3v) is 7.86. The van der Waals surface area contributed by atoms with E-state index in [-0.39, 0.29) is 24.3 Å². The zero-order valence-electron chi connectivity index (χ0n) is 19.3. The fraction of sp³-hybridized carbons (Fsp3) is 0.423. The van der Waals surface area contributed by atoms with Crippen LogP contribution in [-0.4, -0.2) is 84.0 Å². The van der Waals surface area contributed by atoms with Crippen LogP contribution in [0.4, 0.5) is 5.69 Å². The molecule has 3 heterocycles. The minimum absolute atomic E-state index is 0.00383. The van der Waals surface area contributed by atoms with Crippen LogP contribution in [0.15, 0.2) is 53.4 Å². The lowest BCUT2D eigenvalue weighted by molar-refractivity contribution is -0.132. The highest BCUT2D eigenvalue weighted by Gasteiger charge is 2.31. The maximum Gasteiger partial charge on any atom is 0.253 e. The Hall–Kier alpha value is -2.84. The van der Waals surface area contributed by atoms with E-state index in [1.54, 1.807) is 11.0 Å². The Morgan fingerprint density at radius 3 is 2.32 bits per heavy atom. The van der Waals surface area contributed by atoms with Crippen molar-refractivity contribution in [2.75, 3.05) is 56.5 Å². The minimum atomic E-state index is -0.0839. The molecule has 178 valence electrons. The molecule has 0 saturated carbocycles. The van der Waals surface area contributed by atoms with Gasteiger partial charge in [0.25, 0.3) is 5.91 Å². The van der Waals surface area contributed by atoms with E-state index in [1.165, 1.54) is 17.3 Å². The van der Waals surface area contributed by atoms with Gasteiger partial charge in [0.15, 0.2) is 0 Å². The molecular formula is C26H30N4O3S. The minimum Gasteiger partial charge on any atom is -0.339 e. The molecular weight excluding hydrogens is 448 g/mol. The van der Waals surface area contributed by atoms with Crippen LogP contribution in [0.1, 0.15) is 28.8 Å². The van der Waals surface area contributed by atoms with Gasteiger partial charge in [0, 0.05) is 56.3 Å². The van der Waals surface area contributed by atoms with Crippen molar-refractivity contribution < 1.29 is 14.4 Å². The fourth-order valence-electron chi connectivity index (χ4n) is 4.84. The zero-order valence-corrected chi connectivity index (χ0v) is 20.1. The Bertz CT molecular complexity index is 1060. The van der Waals surface area contributed by atoms with Crippen molar-refractivity contribution in [1.29, 1.82) is 0 Å². The summed E-state index contributed by atoms with van der Waals surface area (Å²) in [5.74, 6) is 0.190. The second kappa shape index (κ2) is 10.2. The van der Waals surface area contributed by atoms with Gasteiger partial charge in [-0.3, -0.25) is 19.3 Å². The monoisotopic (exact) mass is 478 g/mol. The van der Waals surface area contributed by atoms with Crippen molar-refractivity contribution in [2.45, 2.75) is 24.3 Å². The summed E-state index contributed by atoms with van der Waals surface area (Å²) in [5, 5.41) is 0. The lowest BCUT2D eigenvalue weighted by atomic mass is 10.1. The van der Waals surface area contributed by atoms with Gasteiger partial charge < -0.3 is 14.7 Å². The first-order valence-electron chi connectivity index (χ1n) is 12.0. The quantitative estimate of drug-likeness (QED) is 0.661. The fourth-order valence-corrected chi connectivity index (χ4v) is 5.76. The average molecular weight is 479 g/mol. The van der Waals surface area contributed by atoms with E-state index in [0.717, 1.165) is 50.5 Å². The highest BCUT2D eigenvalue weighted by molar-refractivity contribution is 8.00. The van der Waals surface area contributed by atoms with Crippen molar-refractivity contribution in [3.63, 3.8) is 0 Å². The Morgan fingerprint density at radius 2 is 1.59 bits per heavy atom. The van der Waals surface area contributed by atoms with Gasteiger partial charge in [-0.15, -0.1) is 11.8 Å². The zero-order chi connectivity index (χ0) is 23.5. The molecule has 0 unspecified atom stereocenters. The van der Waals surface area contributed by atoms with Crippen LogP contribution in [0.2, 0.25) is 0 Å². The van der Waals surface area contributed by atoms with Gasteiger partial charge in [0.1, 0.15) is 6.54 Å². The summed E-state index contributed by atoms with van der Waals surface area (Å²) in [5.41, 5.74) is 2.54. The van der Waals surface area contributed by atoms with Crippen molar-refractivity contribution in [1.82, 2.24) is 14.7 Å². The van der Waals surface area contributed by atoms with Gasteiger partial charge in [-0.2, -0.15) is 0 Å². The summed E-state index contributed by atoms with van der Waals surface area (Å²) in [6, 6.07) is 15.9. The topological polar surface area (TPSA) is 64.2 Å². The summed E-state index contributed by atoms with van der Waals surface area (Å²) in [6.07, 6.45) is 2.06. The number of anilines is 1. The molecule has 0 aromatic heterocycles. The van der Waals surface area contributed by atoms with Gasteiger partial charge in [-0.25, -0.2) is 0 Å². The molecule has 2 aromatic carbocycles. The number of hydrogen-bond acceptors (Lipinski definition) is 5. The molecule has 7 nitrogen and oxygen atoms in total. The second-order valence-electron chi connectivity index (χ2n) is 9.09. The Morgan fingerprint density at radius 1 is 0.853 bits per heavy atom. The van der Waals surface area contributed by atoms with Gasteiger partial charge in [-0.05, 0) is 36.6 Å². The predicted molar refractivity (Wildman–Crippen MR) is 133 cm³/mol. The maximum absolute atomic E-state index is 13.1. The SMILES string of the molecule is O=C(CN1C(=O)CSc2ccc(C(=O)N3CCCC3)cc21)N1CCN(Cc2ccccc2)CC1. The number of fused-ring (bicyclic) bond motifs is 1. The van der Waals surface area contributed by atoms with E-state index in [4.69, 9.17) is 0 Å². The van der Waals surface area contributed by atoms with Crippen LogP contribution >= 0.6 is 11.8 Å². The van der Waals surface area contributed by atoms with Crippen LogP contribution in [0.5, 0.6) is 0 Å². The highest BCUT2D eigenvalue weighted by atomic mass is 32.2. The third kappa shape index (κ3) is 4.98. The number of hydrogen-bond donors (Lipinski definition) is 0. The molecule has 5 rings (SSSR count). The molecule has 8 heteroatoms. The van der Waals surface area contributed by atoms with Crippen molar-refractivity contribution in [2.24, 2.45) is 0 Å². The molecule has 34 heavy (non-hydrogen) atoms. The standard InChI is InChI=1S/C26H30N4O3S/c31-24(28-14-12-27(13-15-28)17-20-6-2-1-3-7-20)18-30-22-16-21(26(33)29-10-4-5-11-29)8-9-23(22)34-19-25(30)32/h1-3,6-9,16H,4-5,10-15,17-19H2. The molecule has 0 N–H and O–H groups in total. The number of carbonyl (C=O) groups excluding carboxylic acids is 3. The smallest absolute Gasteiger partial charge is 0.253 e. The van der Waals surface area contributed by atoms with E-state index in [2.05, 4.69) is 17.0 Å². The largest absolute Gasteiger partial charge is 0.339 e. The van der Waals surface area contributed by atoms with Crippen LogP contribution in [-0.2, 0) is 16.1 Å². The molecule has 0 spiro atoms. The first-order valence-corrected chi connectivity index (χ1v) is 13.0. The molecule has 2 saturated heterocycles. The van der Waals surface area contributed by atoms with Crippen molar-refractivity contribution in [3.8, 4) is 0 Å². The highest BCUT2D eigenvalue weighted by Crippen LogP contribution is 2.36. The molecule has 2 fully saturated rings. The molecule has 0 aliphatic carbocycles. The lowest BCUT2D eigenvalue weighted by Crippen LogP contribution is -2.52. The normalized spacial score (nSPS) is 18.8. The summed E-state index contributed by atoms with van der Waals surface area (Å²) in [6.45, 7) is 5.40. The number of carbonyl (C=O) groups is 3.